The van der Waals surface area contributed by atoms with Crippen molar-refractivity contribution in [2.75, 3.05) is 17.3 Å². The van der Waals surface area contributed by atoms with Crippen LogP contribution in [0.15, 0.2) is 24.3 Å². The predicted octanol–water partition coefficient (Wildman–Crippen LogP) is 4.66. The molecular weight excluding hydrogens is 390 g/mol. The number of hydrogen-bond donors (Lipinski definition) is 2. The van der Waals surface area contributed by atoms with Crippen LogP contribution in [0.2, 0.25) is 0 Å². The van der Waals surface area contributed by atoms with Gasteiger partial charge in [-0.15, -0.1) is 11.3 Å². The number of nitrogens with one attached hydrogen (secondary N) is 2. The lowest BCUT2D eigenvalue weighted by Crippen LogP contribution is -2.43. The van der Waals surface area contributed by atoms with E-state index in [1.807, 2.05) is 13.2 Å². The Morgan fingerprint density at radius 1 is 1.21 bits per heavy atom. The molecule has 152 valence electrons. The van der Waals surface area contributed by atoms with Gasteiger partial charge in [0.15, 0.2) is 5.13 Å². The molecule has 0 spiro atoms. The maximum atomic E-state index is 12.7. The van der Waals surface area contributed by atoms with Crippen LogP contribution >= 0.6 is 23.1 Å². The molecule has 28 heavy (non-hydrogen) atoms. The van der Waals surface area contributed by atoms with Crippen molar-refractivity contribution in [3.63, 3.8) is 0 Å². The molecule has 1 unspecified atom stereocenters. The average Bonchev–Trinajstić information content (AvgIpc) is 3.05. The second-order valence-corrected chi connectivity index (χ2v) is 8.80. The van der Waals surface area contributed by atoms with E-state index < -0.39 is 6.04 Å². The number of anilines is 1. The average molecular weight is 420 g/mol. The number of aromatic nitrogens is 1. The fraction of sp³-hybridized carbons (Fsp3) is 0.476. The van der Waals surface area contributed by atoms with Crippen molar-refractivity contribution in [1.29, 1.82) is 0 Å². The Morgan fingerprint density at radius 2 is 1.93 bits per heavy atom. The van der Waals surface area contributed by atoms with Gasteiger partial charge in [-0.05, 0) is 37.3 Å². The lowest BCUT2D eigenvalue weighted by Gasteiger charge is -2.16. The summed E-state index contributed by atoms with van der Waals surface area (Å²) < 4.78 is 0. The van der Waals surface area contributed by atoms with Crippen molar-refractivity contribution in [3.8, 4) is 11.3 Å². The van der Waals surface area contributed by atoms with E-state index in [1.54, 1.807) is 18.7 Å². The molecule has 1 aromatic heterocycles. The number of nitrogens with zero attached hydrogens (tertiary/aromatic N) is 1. The molecule has 0 bridgehead atoms. The van der Waals surface area contributed by atoms with Crippen molar-refractivity contribution in [2.45, 2.75) is 52.5 Å². The molecule has 7 heteroatoms. The van der Waals surface area contributed by atoms with Crippen LogP contribution in [0.1, 0.15) is 43.6 Å². The topological polar surface area (TPSA) is 71.1 Å². The summed E-state index contributed by atoms with van der Waals surface area (Å²) in [5.41, 5.74) is 3.25. The summed E-state index contributed by atoms with van der Waals surface area (Å²) in [7, 11) is 0. The van der Waals surface area contributed by atoms with Crippen molar-refractivity contribution in [3.05, 3.63) is 34.7 Å². The molecule has 0 aliphatic carbocycles. The third-order valence-electron chi connectivity index (χ3n) is 4.38. The van der Waals surface area contributed by atoms with E-state index >= 15 is 0 Å². The molecule has 2 amide bonds. The van der Waals surface area contributed by atoms with Crippen LogP contribution in [-0.2, 0) is 16.0 Å². The van der Waals surface area contributed by atoms with Crippen LogP contribution < -0.4 is 10.6 Å². The van der Waals surface area contributed by atoms with Crippen molar-refractivity contribution in [2.24, 2.45) is 0 Å². The molecule has 1 aromatic carbocycles. The third kappa shape index (κ3) is 6.34. The van der Waals surface area contributed by atoms with Crippen molar-refractivity contribution >= 4 is 40.0 Å². The highest BCUT2D eigenvalue weighted by atomic mass is 32.2. The normalized spacial score (nSPS) is 11.9. The van der Waals surface area contributed by atoms with Crippen LogP contribution in [0.3, 0.4) is 0 Å². The molecule has 2 aromatic rings. The van der Waals surface area contributed by atoms with E-state index in [2.05, 4.69) is 46.8 Å². The summed E-state index contributed by atoms with van der Waals surface area (Å²) in [4.78, 5) is 30.1. The molecule has 5 nitrogen and oxygen atoms in total. The Labute approximate surface area is 175 Å². The van der Waals surface area contributed by atoms with Crippen LogP contribution in [0.25, 0.3) is 11.3 Å². The Balaban J connectivity index is 2.11. The number of thioether (sulfide) groups is 1. The zero-order valence-corrected chi connectivity index (χ0v) is 18.6. The monoisotopic (exact) mass is 419 g/mol. The SMILES string of the molecule is CCCc1ccc(-c2nc(NC(=O)C(CCSC)NC(=O)CC)sc2C)cc1. The molecule has 2 rings (SSSR count). The van der Waals surface area contributed by atoms with Gasteiger partial charge in [0.25, 0.3) is 0 Å². The van der Waals surface area contributed by atoms with Gasteiger partial charge in [-0.3, -0.25) is 9.59 Å². The van der Waals surface area contributed by atoms with Gasteiger partial charge in [0.2, 0.25) is 11.8 Å². The molecule has 0 saturated heterocycles. The summed E-state index contributed by atoms with van der Waals surface area (Å²) in [6, 6.07) is 7.90. The lowest BCUT2D eigenvalue weighted by atomic mass is 10.1. The lowest BCUT2D eigenvalue weighted by molar-refractivity contribution is -0.126. The Morgan fingerprint density at radius 3 is 2.54 bits per heavy atom. The van der Waals surface area contributed by atoms with Crippen molar-refractivity contribution < 1.29 is 9.59 Å². The number of aryl methyl sites for hydroxylation is 2. The van der Waals surface area contributed by atoms with Crippen LogP contribution in [0.5, 0.6) is 0 Å². The maximum Gasteiger partial charge on any atom is 0.248 e. The van der Waals surface area contributed by atoms with Gasteiger partial charge in [-0.2, -0.15) is 11.8 Å². The summed E-state index contributed by atoms with van der Waals surface area (Å²) in [6.45, 7) is 5.95. The fourth-order valence-corrected chi connectivity index (χ4v) is 4.14. The van der Waals surface area contributed by atoms with Gasteiger partial charge in [0, 0.05) is 16.9 Å². The minimum Gasteiger partial charge on any atom is -0.344 e. The second kappa shape index (κ2) is 11.2. The Hall–Kier alpha value is -1.86. The van der Waals surface area contributed by atoms with Gasteiger partial charge in [0.05, 0.1) is 5.69 Å². The zero-order chi connectivity index (χ0) is 20.5. The molecule has 2 N–H and O–H groups in total. The Kier molecular flexibility index (Phi) is 8.99. The number of carbonyl (C=O) groups excluding carboxylic acids is 2. The Bertz CT molecular complexity index is 787. The van der Waals surface area contributed by atoms with Crippen molar-refractivity contribution in [1.82, 2.24) is 10.3 Å². The standard InChI is InChI=1S/C21H29N3O2S2/c1-5-7-15-8-10-16(11-9-15)19-14(3)28-21(23-19)24-20(26)17(12-13-27-4)22-18(25)6-2/h8-11,17H,5-7,12-13H2,1-4H3,(H,22,25)(H,23,24,26). The maximum absolute atomic E-state index is 12.7. The molecule has 0 fully saturated rings. The van der Waals surface area contributed by atoms with Gasteiger partial charge in [0.1, 0.15) is 6.04 Å². The number of carbonyl (C=O) groups is 2. The second-order valence-electron chi connectivity index (χ2n) is 6.62. The summed E-state index contributed by atoms with van der Waals surface area (Å²) >= 11 is 3.11. The van der Waals surface area contributed by atoms with E-state index in [0.29, 0.717) is 18.0 Å². The van der Waals surface area contributed by atoms with Crippen LogP contribution in [-0.4, -0.2) is 34.8 Å². The quantitative estimate of drug-likeness (QED) is 0.588. The first-order valence-electron chi connectivity index (χ1n) is 9.64. The zero-order valence-electron chi connectivity index (χ0n) is 17.0. The van der Waals surface area contributed by atoms with Gasteiger partial charge >= 0.3 is 0 Å². The largest absolute Gasteiger partial charge is 0.344 e. The molecule has 0 aliphatic rings. The molecule has 1 heterocycles. The van der Waals surface area contributed by atoms with Gasteiger partial charge in [-0.25, -0.2) is 4.98 Å². The summed E-state index contributed by atoms with van der Waals surface area (Å²) in [6.07, 6.45) is 5.13. The fourth-order valence-electron chi connectivity index (χ4n) is 2.83. The molecule has 1 atom stereocenters. The van der Waals surface area contributed by atoms with Crippen LogP contribution in [0.4, 0.5) is 5.13 Å². The number of hydrogen-bond acceptors (Lipinski definition) is 5. The van der Waals surface area contributed by atoms with E-state index in [0.717, 1.165) is 34.7 Å². The predicted molar refractivity (Wildman–Crippen MR) is 120 cm³/mol. The minimum atomic E-state index is -0.541. The van der Waals surface area contributed by atoms with Gasteiger partial charge in [-0.1, -0.05) is 44.5 Å². The van der Waals surface area contributed by atoms with E-state index in [-0.39, 0.29) is 11.8 Å². The molecule has 0 radical (unpaired) electrons. The third-order valence-corrected chi connectivity index (χ3v) is 5.91. The highest BCUT2D eigenvalue weighted by Crippen LogP contribution is 2.30. The first-order valence-corrected chi connectivity index (χ1v) is 11.8. The molecule has 0 aliphatic heterocycles. The number of rotatable bonds is 10. The van der Waals surface area contributed by atoms with E-state index in [9.17, 15) is 9.59 Å². The van der Waals surface area contributed by atoms with Crippen LogP contribution in [0, 0.1) is 6.92 Å². The smallest absolute Gasteiger partial charge is 0.248 e. The number of amides is 2. The van der Waals surface area contributed by atoms with E-state index in [4.69, 9.17) is 0 Å². The van der Waals surface area contributed by atoms with E-state index in [1.165, 1.54) is 16.9 Å². The first-order chi connectivity index (χ1) is 13.5. The number of benzene rings is 1. The summed E-state index contributed by atoms with van der Waals surface area (Å²) in [5.74, 6) is 0.466. The molecule has 0 saturated carbocycles. The molecular formula is C21H29N3O2S2. The minimum absolute atomic E-state index is 0.121. The number of thiazole rings is 1. The highest BCUT2D eigenvalue weighted by Gasteiger charge is 2.21. The highest BCUT2D eigenvalue weighted by molar-refractivity contribution is 7.98. The summed E-state index contributed by atoms with van der Waals surface area (Å²) in [5, 5.41) is 6.26. The first kappa shape index (κ1) is 22.4. The van der Waals surface area contributed by atoms with Gasteiger partial charge < -0.3 is 10.6 Å².